The highest BCUT2D eigenvalue weighted by atomic mass is 16.4. The van der Waals surface area contributed by atoms with Crippen LogP contribution < -0.4 is 4.90 Å². The van der Waals surface area contributed by atoms with Crippen molar-refractivity contribution >= 4 is 17.9 Å². The minimum absolute atomic E-state index is 0.0300. The lowest BCUT2D eigenvalue weighted by molar-refractivity contribution is -0.127. The average molecular weight is 239 g/mol. The molecular formula is C10H13N3O4. The Balaban J connectivity index is 2.15. The second-order valence-corrected chi connectivity index (χ2v) is 3.91. The number of aromatic carboxylic acids is 1. The molecule has 7 heteroatoms. The van der Waals surface area contributed by atoms with Crippen molar-refractivity contribution in [3.63, 3.8) is 0 Å². The number of aromatic nitrogens is 1. The zero-order valence-electron chi connectivity index (χ0n) is 9.42. The molecule has 1 N–H and O–H groups in total. The topological polar surface area (TPSA) is 86.9 Å². The number of carboxylic acid groups (broad SMARTS) is 1. The summed E-state index contributed by atoms with van der Waals surface area (Å²) in [7, 11) is 1.74. The molecule has 0 atom stereocenters. The average Bonchev–Trinajstić information content (AvgIpc) is 2.70. The first-order valence-corrected chi connectivity index (χ1v) is 5.25. The van der Waals surface area contributed by atoms with Gasteiger partial charge in [-0.05, 0) is 6.42 Å². The minimum atomic E-state index is -1.14. The first-order valence-electron chi connectivity index (χ1n) is 5.25. The molecule has 0 aliphatic carbocycles. The normalized spacial score (nSPS) is 17.1. The fourth-order valence-corrected chi connectivity index (χ4v) is 1.66. The largest absolute Gasteiger partial charge is 0.476 e. The third-order valence-electron chi connectivity index (χ3n) is 2.66. The van der Waals surface area contributed by atoms with Gasteiger partial charge in [-0.15, -0.1) is 0 Å². The van der Waals surface area contributed by atoms with Crippen LogP contribution in [0.4, 0.5) is 6.01 Å². The van der Waals surface area contributed by atoms with E-state index in [1.54, 1.807) is 16.8 Å². The summed E-state index contributed by atoms with van der Waals surface area (Å²) in [6, 6.07) is 0.186. The number of oxazole rings is 1. The van der Waals surface area contributed by atoms with Crippen molar-refractivity contribution in [3.05, 3.63) is 12.0 Å². The van der Waals surface area contributed by atoms with Gasteiger partial charge in [0.2, 0.25) is 5.91 Å². The van der Waals surface area contributed by atoms with Crippen molar-refractivity contribution in [1.82, 2.24) is 9.88 Å². The molecule has 0 spiro atoms. The van der Waals surface area contributed by atoms with E-state index in [4.69, 9.17) is 9.52 Å². The smallest absolute Gasteiger partial charge is 0.357 e. The summed E-state index contributed by atoms with van der Waals surface area (Å²) in [5, 5.41) is 8.73. The first-order chi connectivity index (χ1) is 8.08. The van der Waals surface area contributed by atoms with Gasteiger partial charge in [-0.1, -0.05) is 0 Å². The summed E-state index contributed by atoms with van der Waals surface area (Å²) >= 11 is 0. The zero-order chi connectivity index (χ0) is 12.4. The maximum atomic E-state index is 11.6. The summed E-state index contributed by atoms with van der Waals surface area (Å²) in [5.74, 6) is -1.17. The van der Waals surface area contributed by atoms with E-state index in [2.05, 4.69) is 4.98 Å². The van der Waals surface area contributed by atoms with Crippen molar-refractivity contribution in [2.45, 2.75) is 6.42 Å². The summed E-state index contributed by atoms with van der Waals surface area (Å²) < 4.78 is 5.07. The zero-order valence-corrected chi connectivity index (χ0v) is 9.42. The van der Waals surface area contributed by atoms with E-state index in [0.29, 0.717) is 13.1 Å². The van der Waals surface area contributed by atoms with Crippen LogP contribution in [-0.4, -0.2) is 53.5 Å². The van der Waals surface area contributed by atoms with Crippen molar-refractivity contribution in [1.29, 1.82) is 0 Å². The monoisotopic (exact) mass is 239 g/mol. The van der Waals surface area contributed by atoms with Gasteiger partial charge in [-0.25, -0.2) is 4.79 Å². The highest BCUT2D eigenvalue weighted by Crippen LogP contribution is 2.16. The minimum Gasteiger partial charge on any atom is -0.476 e. The Hall–Kier alpha value is -2.05. The molecule has 0 unspecified atom stereocenters. The molecule has 1 aliphatic heterocycles. The van der Waals surface area contributed by atoms with Gasteiger partial charge in [0.05, 0.1) is 0 Å². The van der Waals surface area contributed by atoms with E-state index in [0.717, 1.165) is 12.7 Å². The van der Waals surface area contributed by atoms with Gasteiger partial charge in [-0.2, -0.15) is 4.98 Å². The molecule has 7 nitrogen and oxygen atoms in total. The Morgan fingerprint density at radius 2 is 2.29 bits per heavy atom. The molecule has 1 aliphatic rings. The molecule has 0 saturated carbocycles. The summed E-state index contributed by atoms with van der Waals surface area (Å²) in [5.41, 5.74) is -0.148. The van der Waals surface area contributed by atoms with Crippen molar-refractivity contribution < 1.29 is 19.1 Å². The van der Waals surface area contributed by atoms with E-state index >= 15 is 0 Å². The fourth-order valence-electron chi connectivity index (χ4n) is 1.66. The van der Waals surface area contributed by atoms with Gasteiger partial charge in [-0.3, -0.25) is 4.79 Å². The van der Waals surface area contributed by atoms with Crippen LogP contribution in [0.25, 0.3) is 0 Å². The molecule has 0 radical (unpaired) electrons. The van der Waals surface area contributed by atoms with E-state index in [9.17, 15) is 9.59 Å². The second-order valence-electron chi connectivity index (χ2n) is 3.91. The standard InChI is InChI=1S/C10H13N3O4/c1-12-3-2-4-13(5-8(12)14)10-11-7(6-17-10)9(15)16/h6H,2-5H2,1H3,(H,15,16). The van der Waals surface area contributed by atoms with E-state index in [-0.39, 0.29) is 24.2 Å². The number of carbonyl (C=O) groups is 2. The summed E-state index contributed by atoms with van der Waals surface area (Å²) in [4.78, 5) is 29.4. The summed E-state index contributed by atoms with van der Waals surface area (Å²) in [6.45, 7) is 1.47. The fraction of sp³-hybridized carbons (Fsp3) is 0.500. The van der Waals surface area contributed by atoms with Gasteiger partial charge in [0, 0.05) is 20.1 Å². The van der Waals surface area contributed by atoms with Crippen LogP contribution in [0.1, 0.15) is 16.9 Å². The number of carboxylic acids is 1. The van der Waals surface area contributed by atoms with Crippen LogP contribution in [0.2, 0.25) is 0 Å². The van der Waals surface area contributed by atoms with Gasteiger partial charge in [0.25, 0.3) is 6.01 Å². The highest BCUT2D eigenvalue weighted by Gasteiger charge is 2.23. The van der Waals surface area contributed by atoms with Crippen LogP contribution in [0.15, 0.2) is 10.7 Å². The Morgan fingerprint density at radius 1 is 1.53 bits per heavy atom. The first kappa shape index (κ1) is 11.4. The third-order valence-corrected chi connectivity index (χ3v) is 2.66. The Bertz CT molecular complexity index is 443. The molecule has 1 aromatic rings. The maximum absolute atomic E-state index is 11.6. The predicted octanol–water partition coefficient (Wildman–Crippen LogP) is 0.0413. The van der Waals surface area contributed by atoms with Crippen LogP contribution in [-0.2, 0) is 4.79 Å². The van der Waals surface area contributed by atoms with Crippen molar-refractivity contribution in [2.24, 2.45) is 0 Å². The van der Waals surface area contributed by atoms with Crippen LogP contribution in [0.5, 0.6) is 0 Å². The van der Waals surface area contributed by atoms with Gasteiger partial charge >= 0.3 is 5.97 Å². The van der Waals surface area contributed by atoms with Crippen LogP contribution in [0, 0.1) is 0 Å². The Kier molecular flexibility index (Phi) is 2.99. The molecule has 1 aromatic heterocycles. The van der Waals surface area contributed by atoms with E-state index in [1.165, 1.54) is 0 Å². The molecule has 1 saturated heterocycles. The number of amides is 1. The number of rotatable bonds is 2. The maximum Gasteiger partial charge on any atom is 0.357 e. The van der Waals surface area contributed by atoms with E-state index in [1.807, 2.05) is 0 Å². The second kappa shape index (κ2) is 4.44. The van der Waals surface area contributed by atoms with Gasteiger partial charge in [0.1, 0.15) is 12.8 Å². The number of nitrogens with zero attached hydrogens (tertiary/aromatic N) is 3. The SMILES string of the molecule is CN1CCCN(c2nc(C(=O)O)co2)CC1=O. The number of hydrogen-bond acceptors (Lipinski definition) is 5. The summed E-state index contributed by atoms with van der Waals surface area (Å²) in [6.07, 6.45) is 1.88. The molecule has 1 fully saturated rings. The van der Waals surface area contributed by atoms with Crippen molar-refractivity contribution in [3.8, 4) is 0 Å². The Labute approximate surface area is 97.6 Å². The molecule has 17 heavy (non-hydrogen) atoms. The van der Waals surface area contributed by atoms with Gasteiger partial charge < -0.3 is 19.3 Å². The predicted molar refractivity (Wildman–Crippen MR) is 57.9 cm³/mol. The van der Waals surface area contributed by atoms with Gasteiger partial charge in [0.15, 0.2) is 5.69 Å². The van der Waals surface area contributed by atoms with Crippen LogP contribution >= 0.6 is 0 Å². The molecule has 2 heterocycles. The molecular weight excluding hydrogens is 226 g/mol. The van der Waals surface area contributed by atoms with Crippen molar-refractivity contribution in [2.75, 3.05) is 31.6 Å². The molecule has 1 amide bonds. The van der Waals surface area contributed by atoms with E-state index < -0.39 is 5.97 Å². The molecule has 92 valence electrons. The number of carbonyl (C=O) groups excluding carboxylic acids is 1. The van der Waals surface area contributed by atoms with Crippen LogP contribution in [0.3, 0.4) is 0 Å². The highest BCUT2D eigenvalue weighted by molar-refractivity contribution is 5.85. The third kappa shape index (κ3) is 2.38. The number of hydrogen-bond donors (Lipinski definition) is 1. The number of likely N-dealkylation sites (N-methyl/N-ethyl adjacent to an activating group) is 1. The number of anilines is 1. The molecule has 2 rings (SSSR count). The Morgan fingerprint density at radius 3 is 2.94 bits per heavy atom. The lowest BCUT2D eigenvalue weighted by Gasteiger charge is -2.16. The quantitative estimate of drug-likeness (QED) is 0.784. The molecule has 0 aromatic carbocycles. The lowest BCUT2D eigenvalue weighted by Crippen LogP contribution is -2.34. The molecule has 0 bridgehead atoms. The lowest BCUT2D eigenvalue weighted by atomic mass is 10.4.